The number of nitrogens with zero attached hydrogens (tertiary/aromatic N) is 3. The molecule has 4 atom stereocenters. The number of ketones is 1. The average molecular weight is 499 g/mol. The van der Waals surface area contributed by atoms with E-state index in [4.69, 9.17) is 0 Å². The van der Waals surface area contributed by atoms with Crippen LogP contribution in [0.1, 0.15) is 70.2 Å². The summed E-state index contributed by atoms with van der Waals surface area (Å²) >= 11 is 0. The lowest BCUT2D eigenvalue weighted by Crippen LogP contribution is -2.65. The van der Waals surface area contributed by atoms with Gasteiger partial charge in [0.1, 0.15) is 6.04 Å². The summed E-state index contributed by atoms with van der Waals surface area (Å²) in [6.07, 6.45) is 2.99. The van der Waals surface area contributed by atoms with Gasteiger partial charge in [-0.1, -0.05) is 34.1 Å². The van der Waals surface area contributed by atoms with Crippen LogP contribution in [0.4, 0.5) is 5.69 Å². The Kier molecular flexibility index (Phi) is 9.14. The number of carbonyl (C=O) groups excluding carboxylic acids is 4. The van der Waals surface area contributed by atoms with E-state index in [-0.39, 0.29) is 47.9 Å². The lowest BCUT2D eigenvalue weighted by Gasteiger charge is -2.48. The summed E-state index contributed by atoms with van der Waals surface area (Å²) in [6, 6.07) is 5.99. The number of hydrogen-bond donors (Lipinski definition) is 1. The van der Waals surface area contributed by atoms with Crippen molar-refractivity contribution >= 4 is 29.2 Å². The van der Waals surface area contributed by atoms with E-state index in [1.807, 2.05) is 51.9 Å². The predicted molar refractivity (Wildman–Crippen MR) is 141 cm³/mol. The first-order valence-corrected chi connectivity index (χ1v) is 13.2. The van der Waals surface area contributed by atoms with Gasteiger partial charge in [-0.2, -0.15) is 0 Å². The fourth-order valence-electron chi connectivity index (χ4n) is 5.10. The summed E-state index contributed by atoms with van der Waals surface area (Å²) in [4.78, 5) is 57.9. The normalized spacial score (nSPS) is 21.2. The fourth-order valence-corrected chi connectivity index (χ4v) is 5.10. The van der Waals surface area contributed by atoms with Crippen LogP contribution in [0.15, 0.2) is 24.3 Å². The highest BCUT2D eigenvalue weighted by Gasteiger charge is 2.45. The number of anilines is 1. The molecule has 2 fully saturated rings. The number of Topliss-reactive ketones (excluding diaryl/α,β-unsaturated/α-hetero) is 1. The van der Waals surface area contributed by atoms with Gasteiger partial charge < -0.3 is 20.0 Å². The van der Waals surface area contributed by atoms with Gasteiger partial charge in [-0.25, -0.2) is 0 Å². The minimum atomic E-state index is -0.708. The lowest BCUT2D eigenvalue weighted by molar-refractivity contribution is -0.154. The fraction of sp³-hybridized carbons (Fsp3) is 0.643. The van der Waals surface area contributed by atoms with E-state index in [9.17, 15) is 19.2 Å². The number of rotatable bonds is 9. The van der Waals surface area contributed by atoms with Crippen molar-refractivity contribution in [2.24, 2.45) is 11.8 Å². The predicted octanol–water partition coefficient (Wildman–Crippen LogP) is 3.10. The zero-order chi connectivity index (χ0) is 26.6. The lowest BCUT2D eigenvalue weighted by atomic mass is 9.86. The van der Waals surface area contributed by atoms with Crippen LogP contribution >= 0.6 is 0 Å². The van der Waals surface area contributed by atoms with Crippen molar-refractivity contribution in [3.8, 4) is 0 Å². The molecule has 0 radical (unpaired) electrons. The Labute approximate surface area is 215 Å². The number of benzene rings is 1. The molecule has 0 aliphatic carbocycles. The Balaban J connectivity index is 1.70. The molecule has 2 aliphatic rings. The van der Waals surface area contributed by atoms with Gasteiger partial charge in [0.2, 0.25) is 11.8 Å². The first kappa shape index (κ1) is 27.7. The zero-order valence-corrected chi connectivity index (χ0v) is 22.6. The molecule has 3 amide bonds. The third kappa shape index (κ3) is 6.45. The molecular formula is C28H42N4O4. The van der Waals surface area contributed by atoms with Crippen LogP contribution in [0.5, 0.6) is 0 Å². The van der Waals surface area contributed by atoms with Crippen molar-refractivity contribution in [2.75, 3.05) is 32.1 Å². The number of hydrogen-bond acceptors (Lipinski definition) is 5. The third-order valence-corrected chi connectivity index (χ3v) is 7.49. The Bertz CT molecular complexity index is 959. The maximum absolute atomic E-state index is 13.7. The van der Waals surface area contributed by atoms with Gasteiger partial charge in [-0.05, 0) is 55.4 Å². The Morgan fingerprint density at radius 2 is 1.75 bits per heavy atom. The van der Waals surface area contributed by atoms with Gasteiger partial charge in [0, 0.05) is 44.4 Å². The minimum Gasteiger partial charge on any atom is -0.378 e. The molecule has 3 rings (SSSR count). The van der Waals surface area contributed by atoms with Gasteiger partial charge in [0.05, 0.1) is 12.6 Å². The number of nitrogens with one attached hydrogen (secondary N) is 1. The van der Waals surface area contributed by atoms with E-state index in [0.717, 1.165) is 12.1 Å². The summed E-state index contributed by atoms with van der Waals surface area (Å²) < 4.78 is 0. The zero-order valence-electron chi connectivity index (χ0n) is 22.6. The number of likely N-dealkylation sites (tertiary alicyclic amines) is 2. The monoisotopic (exact) mass is 498 g/mol. The van der Waals surface area contributed by atoms with Gasteiger partial charge in [-0.15, -0.1) is 0 Å². The van der Waals surface area contributed by atoms with Crippen molar-refractivity contribution in [1.82, 2.24) is 15.1 Å². The molecule has 1 aromatic rings. The van der Waals surface area contributed by atoms with Crippen molar-refractivity contribution in [1.29, 1.82) is 0 Å². The first-order valence-electron chi connectivity index (χ1n) is 13.2. The van der Waals surface area contributed by atoms with E-state index in [1.54, 1.807) is 21.9 Å². The van der Waals surface area contributed by atoms with Crippen LogP contribution in [0, 0.1) is 11.8 Å². The minimum absolute atomic E-state index is 0.0124. The molecule has 0 saturated carbocycles. The number of amides is 3. The molecule has 2 unspecified atom stereocenters. The highest BCUT2D eigenvalue weighted by Crippen LogP contribution is 2.30. The summed E-state index contributed by atoms with van der Waals surface area (Å²) in [5, 5.41) is 2.93. The van der Waals surface area contributed by atoms with E-state index < -0.39 is 12.1 Å². The summed E-state index contributed by atoms with van der Waals surface area (Å²) in [5.74, 6) is -0.101. The SMILES string of the molecule is CCC(C)CC(=O)N1CC(=O)C2C[C@H]1CCN2C(=O)[C@H](CC(C)C)NC(=O)c1ccc(N(C)C)cc1. The molecule has 2 heterocycles. The van der Waals surface area contributed by atoms with Gasteiger partial charge >= 0.3 is 0 Å². The van der Waals surface area contributed by atoms with Crippen LogP contribution in [0.2, 0.25) is 0 Å². The van der Waals surface area contributed by atoms with Crippen LogP contribution in [-0.2, 0) is 14.4 Å². The summed E-state index contributed by atoms with van der Waals surface area (Å²) in [6.45, 7) is 8.61. The number of piperidine rings is 2. The van der Waals surface area contributed by atoms with Crippen LogP contribution in [-0.4, -0.2) is 78.6 Å². The largest absolute Gasteiger partial charge is 0.378 e. The maximum atomic E-state index is 13.7. The van der Waals surface area contributed by atoms with Crippen LogP contribution < -0.4 is 10.2 Å². The topological polar surface area (TPSA) is 90.0 Å². The molecule has 0 spiro atoms. The standard InChI is InChI=1S/C28H42N4O4/c1-7-19(4)15-26(34)32-17-25(33)24-16-22(32)12-13-31(24)28(36)23(14-18(2)3)29-27(35)20-8-10-21(11-9-20)30(5)6/h8-11,18-19,22-24H,7,12-17H2,1-6H3,(H,29,35)/t19?,22-,23+,24?/m1/s1. The second-order valence-electron chi connectivity index (χ2n) is 11.0. The average Bonchev–Trinajstić information content (AvgIpc) is 2.85. The second-order valence-corrected chi connectivity index (χ2v) is 11.0. The van der Waals surface area contributed by atoms with Crippen molar-refractivity contribution in [3.63, 3.8) is 0 Å². The third-order valence-electron chi connectivity index (χ3n) is 7.49. The quantitative estimate of drug-likeness (QED) is 0.565. The van der Waals surface area contributed by atoms with Crippen molar-refractivity contribution in [3.05, 3.63) is 29.8 Å². The Hall–Kier alpha value is -2.90. The van der Waals surface area contributed by atoms with Gasteiger partial charge in [-0.3, -0.25) is 19.2 Å². The van der Waals surface area contributed by atoms with E-state index in [2.05, 4.69) is 12.2 Å². The molecule has 0 aromatic heterocycles. The van der Waals surface area contributed by atoms with Crippen molar-refractivity contribution < 1.29 is 19.2 Å². The van der Waals surface area contributed by atoms with E-state index in [1.165, 1.54) is 0 Å². The van der Waals surface area contributed by atoms with Gasteiger partial charge in [0.15, 0.2) is 5.78 Å². The Morgan fingerprint density at radius 3 is 2.33 bits per heavy atom. The van der Waals surface area contributed by atoms with Crippen molar-refractivity contribution in [2.45, 2.75) is 77.9 Å². The molecule has 2 aliphatic heterocycles. The summed E-state index contributed by atoms with van der Waals surface area (Å²) in [5.41, 5.74) is 1.47. The molecular weight excluding hydrogens is 456 g/mol. The molecule has 1 aromatic carbocycles. The highest BCUT2D eigenvalue weighted by molar-refractivity contribution is 5.99. The molecule has 8 heteroatoms. The molecule has 198 valence electrons. The second kappa shape index (κ2) is 11.9. The number of fused-ring (bicyclic) bond motifs is 2. The van der Waals surface area contributed by atoms with Crippen LogP contribution in [0.3, 0.4) is 0 Å². The van der Waals surface area contributed by atoms with Gasteiger partial charge in [0.25, 0.3) is 5.91 Å². The number of carbonyl (C=O) groups is 4. The molecule has 2 saturated heterocycles. The Morgan fingerprint density at radius 1 is 1.08 bits per heavy atom. The van der Waals surface area contributed by atoms with E-state index in [0.29, 0.717) is 37.8 Å². The van der Waals surface area contributed by atoms with Crippen LogP contribution in [0.25, 0.3) is 0 Å². The highest BCUT2D eigenvalue weighted by atomic mass is 16.2. The molecule has 2 bridgehead atoms. The van der Waals surface area contributed by atoms with E-state index >= 15 is 0 Å². The maximum Gasteiger partial charge on any atom is 0.251 e. The first-order chi connectivity index (χ1) is 17.0. The molecule has 1 N–H and O–H groups in total. The smallest absolute Gasteiger partial charge is 0.251 e. The molecule has 36 heavy (non-hydrogen) atoms. The summed E-state index contributed by atoms with van der Waals surface area (Å²) in [7, 11) is 3.87. The molecule has 8 nitrogen and oxygen atoms in total.